The maximum absolute atomic E-state index is 8.92. The summed E-state index contributed by atoms with van der Waals surface area (Å²) in [5.41, 5.74) is 2.34. The van der Waals surface area contributed by atoms with E-state index in [4.69, 9.17) is 10.00 Å². The van der Waals surface area contributed by atoms with E-state index in [1.165, 1.54) is 21.9 Å². The standard InChI is InChI=1S/C18H21N3OS/c1-13-11-21(12-14(2)22-13)18-6-4-3-5-17(18)20-10-16-8-7-15(9-19)23-16/h3-8,13-14,20H,10-12H2,1-2H3. The molecule has 1 fully saturated rings. The number of anilines is 2. The van der Waals surface area contributed by atoms with Crippen LogP contribution < -0.4 is 10.2 Å². The van der Waals surface area contributed by atoms with Crippen molar-refractivity contribution >= 4 is 22.7 Å². The lowest BCUT2D eigenvalue weighted by Crippen LogP contribution is -2.45. The Morgan fingerprint density at radius 1 is 1.22 bits per heavy atom. The van der Waals surface area contributed by atoms with Crippen molar-refractivity contribution < 1.29 is 4.74 Å². The fourth-order valence-corrected chi connectivity index (χ4v) is 3.73. The quantitative estimate of drug-likeness (QED) is 0.927. The molecule has 4 nitrogen and oxygen atoms in total. The normalized spacial score (nSPS) is 21.0. The third-order valence-corrected chi connectivity index (χ3v) is 4.88. The summed E-state index contributed by atoms with van der Waals surface area (Å²) in [6.45, 7) is 6.78. The van der Waals surface area contributed by atoms with E-state index >= 15 is 0 Å². The van der Waals surface area contributed by atoms with Gasteiger partial charge in [0, 0.05) is 24.5 Å². The highest BCUT2D eigenvalue weighted by Crippen LogP contribution is 2.29. The average Bonchev–Trinajstić information content (AvgIpc) is 3.00. The molecular weight excluding hydrogens is 306 g/mol. The summed E-state index contributed by atoms with van der Waals surface area (Å²) in [4.78, 5) is 4.31. The first-order valence-corrected chi connectivity index (χ1v) is 8.69. The van der Waals surface area contributed by atoms with Gasteiger partial charge in [-0.05, 0) is 38.1 Å². The fraction of sp³-hybridized carbons (Fsp3) is 0.389. The zero-order valence-corrected chi connectivity index (χ0v) is 14.3. The van der Waals surface area contributed by atoms with E-state index in [1.807, 2.05) is 18.2 Å². The second kappa shape index (κ2) is 7.03. The van der Waals surface area contributed by atoms with E-state index in [2.05, 4.69) is 48.3 Å². The van der Waals surface area contributed by atoms with Crippen LogP contribution in [-0.4, -0.2) is 25.3 Å². The molecule has 1 saturated heterocycles. The summed E-state index contributed by atoms with van der Waals surface area (Å²) in [5.74, 6) is 0. The zero-order chi connectivity index (χ0) is 16.2. The Kier molecular flexibility index (Phi) is 4.85. The lowest BCUT2D eigenvalue weighted by atomic mass is 10.1. The average molecular weight is 327 g/mol. The number of morpholine rings is 1. The molecule has 3 rings (SSSR count). The van der Waals surface area contributed by atoms with Crippen LogP contribution in [0.15, 0.2) is 36.4 Å². The van der Waals surface area contributed by atoms with Gasteiger partial charge in [-0.3, -0.25) is 0 Å². The second-order valence-corrected chi connectivity index (χ2v) is 7.08. The summed E-state index contributed by atoms with van der Waals surface area (Å²) in [5, 5.41) is 12.4. The van der Waals surface area contributed by atoms with Gasteiger partial charge in [-0.1, -0.05) is 12.1 Å². The molecule has 5 heteroatoms. The van der Waals surface area contributed by atoms with Crippen molar-refractivity contribution in [1.29, 1.82) is 5.26 Å². The van der Waals surface area contributed by atoms with Gasteiger partial charge >= 0.3 is 0 Å². The molecule has 0 bridgehead atoms. The maximum atomic E-state index is 8.92. The number of benzene rings is 1. The molecule has 1 aliphatic heterocycles. The van der Waals surface area contributed by atoms with Crippen LogP contribution in [0.2, 0.25) is 0 Å². The van der Waals surface area contributed by atoms with Gasteiger partial charge in [-0.25, -0.2) is 0 Å². The third kappa shape index (κ3) is 3.84. The first-order valence-electron chi connectivity index (χ1n) is 7.88. The van der Waals surface area contributed by atoms with Crippen LogP contribution in [-0.2, 0) is 11.3 Å². The van der Waals surface area contributed by atoms with Crippen LogP contribution in [0.1, 0.15) is 23.6 Å². The summed E-state index contributed by atoms with van der Waals surface area (Å²) in [7, 11) is 0. The minimum atomic E-state index is 0.238. The van der Waals surface area contributed by atoms with Gasteiger partial charge in [0.15, 0.2) is 0 Å². The van der Waals surface area contributed by atoms with E-state index in [-0.39, 0.29) is 12.2 Å². The molecule has 1 N–H and O–H groups in total. The molecular formula is C18H21N3OS. The molecule has 0 saturated carbocycles. The molecule has 23 heavy (non-hydrogen) atoms. The summed E-state index contributed by atoms with van der Waals surface area (Å²) in [6.07, 6.45) is 0.476. The van der Waals surface area contributed by atoms with Crippen LogP contribution >= 0.6 is 11.3 Å². The Morgan fingerprint density at radius 3 is 2.65 bits per heavy atom. The van der Waals surface area contributed by atoms with Crippen LogP contribution in [0.5, 0.6) is 0 Å². The Labute approximate surface area is 141 Å². The summed E-state index contributed by atoms with van der Waals surface area (Å²) in [6, 6.07) is 14.5. The van der Waals surface area contributed by atoms with Crippen LogP contribution in [0.25, 0.3) is 0 Å². The third-order valence-electron chi connectivity index (χ3n) is 3.89. The fourth-order valence-electron chi connectivity index (χ4n) is 2.99. The SMILES string of the molecule is CC1CN(c2ccccc2NCc2ccc(C#N)s2)CC(C)O1. The Balaban J connectivity index is 1.74. The molecule has 2 unspecified atom stereocenters. The monoisotopic (exact) mass is 327 g/mol. The number of thiophene rings is 1. The zero-order valence-electron chi connectivity index (χ0n) is 13.5. The number of rotatable bonds is 4. The molecule has 2 atom stereocenters. The van der Waals surface area contributed by atoms with Crippen molar-refractivity contribution in [2.24, 2.45) is 0 Å². The second-order valence-electron chi connectivity index (χ2n) is 5.91. The topological polar surface area (TPSA) is 48.3 Å². The maximum Gasteiger partial charge on any atom is 0.110 e. The molecule has 2 heterocycles. The van der Waals surface area contributed by atoms with Gasteiger partial charge in [0.25, 0.3) is 0 Å². The molecule has 0 radical (unpaired) electrons. The van der Waals surface area contributed by atoms with Crippen molar-refractivity contribution in [2.45, 2.75) is 32.6 Å². The first-order chi connectivity index (χ1) is 11.2. The molecule has 1 aliphatic rings. The molecule has 0 spiro atoms. The van der Waals surface area contributed by atoms with Crippen molar-refractivity contribution in [1.82, 2.24) is 0 Å². The Bertz CT molecular complexity index is 696. The summed E-state index contributed by atoms with van der Waals surface area (Å²) >= 11 is 1.54. The first kappa shape index (κ1) is 15.9. The highest BCUT2D eigenvalue weighted by molar-refractivity contribution is 7.12. The minimum Gasteiger partial charge on any atom is -0.378 e. The Hall–Kier alpha value is -2.03. The van der Waals surface area contributed by atoms with Crippen molar-refractivity contribution in [2.75, 3.05) is 23.3 Å². The number of nitriles is 1. The number of nitrogens with zero attached hydrogens (tertiary/aromatic N) is 2. The van der Waals surface area contributed by atoms with E-state index in [0.717, 1.165) is 30.2 Å². The minimum absolute atomic E-state index is 0.238. The van der Waals surface area contributed by atoms with E-state index in [0.29, 0.717) is 0 Å². The number of hydrogen-bond donors (Lipinski definition) is 1. The highest BCUT2D eigenvalue weighted by atomic mass is 32.1. The lowest BCUT2D eigenvalue weighted by molar-refractivity contribution is -0.00517. The number of ether oxygens (including phenoxy) is 1. The van der Waals surface area contributed by atoms with Crippen molar-refractivity contribution in [3.05, 3.63) is 46.2 Å². The Morgan fingerprint density at radius 2 is 1.96 bits per heavy atom. The van der Waals surface area contributed by atoms with Gasteiger partial charge in [-0.15, -0.1) is 11.3 Å². The lowest BCUT2D eigenvalue weighted by Gasteiger charge is -2.37. The smallest absolute Gasteiger partial charge is 0.110 e. The van der Waals surface area contributed by atoms with Crippen molar-refractivity contribution in [3.63, 3.8) is 0 Å². The molecule has 120 valence electrons. The van der Waals surface area contributed by atoms with Gasteiger partial charge < -0.3 is 15.0 Å². The molecule has 2 aromatic rings. The summed E-state index contributed by atoms with van der Waals surface area (Å²) < 4.78 is 5.83. The number of nitrogens with one attached hydrogen (secondary N) is 1. The predicted molar refractivity (Wildman–Crippen MR) is 95.0 cm³/mol. The number of hydrogen-bond acceptors (Lipinski definition) is 5. The van der Waals surface area contributed by atoms with Crippen LogP contribution in [0.4, 0.5) is 11.4 Å². The van der Waals surface area contributed by atoms with E-state index in [1.54, 1.807) is 0 Å². The van der Waals surface area contributed by atoms with E-state index < -0.39 is 0 Å². The van der Waals surface area contributed by atoms with Gasteiger partial charge in [-0.2, -0.15) is 5.26 Å². The van der Waals surface area contributed by atoms with E-state index in [9.17, 15) is 0 Å². The van der Waals surface area contributed by atoms with Gasteiger partial charge in [0.1, 0.15) is 10.9 Å². The molecule has 0 amide bonds. The van der Waals surface area contributed by atoms with Crippen LogP contribution in [0, 0.1) is 11.3 Å². The number of para-hydroxylation sites is 2. The largest absolute Gasteiger partial charge is 0.378 e. The highest BCUT2D eigenvalue weighted by Gasteiger charge is 2.23. The molecule has 1 aromatic heterocycles. The molecule has 1 aromatic carbocycles. The van der Waals surface area contributed by atoms with Crippen LogP contribution in [0.3, 0.4) is 0 Å². The van der Waals surface area contributed by atoms with Gasteiger partial charge in [0.2, 0.25) is 0 Å². The molecule has 0 aliphatic carbocycles. The predicted octanol–water partition coefficient (Wildman–Crippen LogP) is 3.85. The van der Waals surface area contributed by atoms with Crippen molar-refractivity contribution in [3.8, 4) is 6.07 Å². The van der Waals surface area contributed by atoms with Gasteiger partial charge in [0.05, 0.1) is 23.6 Å².